The minimum atomic E-state index is -0.487. The zero-order valence-corrected chi connectivity index (χ0v) is 8.07. The Labute approximate surface area is 82.7 Å². The van der Waals surface area contributed by atoms with E-state index in [-0.39, 0.29) is 12.4 Å². The zero-order valence-electron chi connectivity index (χ0n) is 8.07. The van der Waals surface area contributed by atoms with E-state index in [1.807, 2.05) is 0 Å². The van der Waals surface area contributed by atoms with Crippen LogP contribution >= 0.6 is 0 Å². The van der Waals surface area contributed by atoms with Crippen molar-refractivity contribution in [3.63, 3.8) is 0 Å². The van der Waals surface area contributed by atoms with Crippen molar-refractivity contribution in [1.82, 2.24) is 4.98 Å². The maximum atomic E-state index is 9.71. The number of aliphatic hydroxyl groups is 1. The van der Waals surface area contributed by atoms with Crippen LogP contribution in [-0.4, -0.2) is 15.2 Å². The fourth-order valence-electron chi connectivity index (χ4n) is 1.27. The SMILES string of the molecule is C=C[C@H](N)c1c(CO)cnc(C)c1O. The molecule has 0 radical (unpaired) electrons. The third-order valence-electron chi connectivity index (χ3n) is 2.12. The summed E-state index contributed by atoms with van der Waals surface area (Å²) in [5.41, 5.74) is 7.24. The van der Waals surface area contributed by atoms with E-state index < -0.39 is 6.04 Å². The lowest BCUT2D eigenvalue weighted by Crippen LogP contribution is -2.11. The number of hydrogen-bond donors (Lipinski definition) is 3. The molecule has 4 N–H and O–H groups in total. The summed E-state index contributed by atoms with van der Waals surface area (Å²) >= 11 is 0. The maximum Gasteiger partial charge on any atom is 0.142 e. The molecule has 1 atom stereocenters. The lowest BCUT2D eigenvalue weighted by atomic mass is 10.0. The van der Waals surface area contributed by atoms with Crippen LogP contribution in [-0.2, 0) is 6.61 Å². The van der Waals surface area contributed by atoms with Gasteiger partial charge in [-0.25, -0.2) is 0 Å². The van der Waals surface area contributed by atoms with E-state index in [1.165, 1.54) is 12.3 Å². The van der Waals surface area contributed by atoms with Gasteiger partial charge in [0.1, 0.15) is 5.75 Å². The van der Waals surface area contributed by atoms with Crippen LogP contribution in [0.2, 0.25) is 0 Å². The lowest BCUT2D eigenvalue weighted by molar-refractivity contribution is 0.278. The highest BCUT2D eigenvalue weighted by Gasteiger charge is 2.15. The average molecular weight is 194 g/mol. The van der Waals surface area contributed by atoms with Crippen molar-refractivity contribution >= 4 is 0 Å². The van der Waals surface area contributed by atoms with E-state index in [2.05, 4.69) is 11.6 Å². The molecular weight excluding hydrogens is 180 g/mol. The number of nitrogens with two attached hydrogens (primary N) is 1. The van der Waals surface area contributed by atoms with E-state index in [9.17, 15) is 5.11 Å². The second-order valence-corrected chi connectivity index (χ2v) is 3.05. The van der Waals surface area contributed by atoms with Crippen LogP contribution < -0.4 is 5.73 Å². The van der Waals surface area contributed by atoms with Crippen molar-refractivity contribution in [1.29, 1.82) is 0 Å². The molecule has 0 bridgehead atoms. The predicted molar refractivity (Wildman–Crippen MR) is 53.7 cm³/mol. The van der Waals surface area contributed by atoms with Gasteiger partial charge in [0.15, 0.2) is 0 Å². The normalized spacial score (nSPS) is 12.5. The molecule has 1 aromatic heterocycles. The second kappa shape index (κ2) is 4.21. The number of hydrogen-bond acceptors (Lipinski definition) is 4. The van der Waals surface area contributed by atoms with Crippen molar-refractivity contribution in [3.05, 3.63) is 35.7 Å². The van der Waals surface area contributed by atoms with Gasteiger partial charge >= 0.3 is 0 Å². The molecule has 0 unspecified atom stereocenters. The molecule has 0 aliphatic carbocycles. The Morgan fingerprint density at radius 2 is 2.36 bits per heavy atom. The summed E-state index contributed by atoms with van der Waals surface area (Å²) in [5, 5.41) is 18.7. The van der Waals surface area contributed by atoms with Gasteiger partial charge in [-0.1, -0.05) is 6.08 Å². The smallest absolute Gasteiger partial charge is 0.142 e. The lowest BCUT2D eigenvalue weighted by Gasteiger charge is -2.14. The first-order valence-corrected chi connectivity index (χ1v) is 4.28. The van der Waals surface area contributed by atoms with Crippen LogP contribution in [0.3, 0.4) is 0 Å². The minimum absolute atomic E-state index is 0.0314. The highest BCUT2D eigenvalue weighted by atomic mass is 16.3. The number of nitrogens with zero attached hydrogens (tertiary/aromatic N) is 1. The van der Waals surface area contributed by atoms with Crippen LogP contribution in [0.1, 0.15) is 22.9 Å². The standard InChI is InChI=1S/C10H14N2O2/c1-3-8(11)9-7(5-13)4-12-6(2)10(9)14/h3-4,8,13-14H,1,5,11H2,2H3/t8-/m0/s1. The van der Waals surface area contributed by atoms with E-state index in [0.29, 0.717) is 16.8 Å². The van der Waals surface area contributed by atoms with Gasteiger partial charge in [-0.3, -0.25) is 4.98 Å². The van der Waals surface area contributed by atoms with Crippen LogP contribution in [0.5, 0.6) is 5.75 Å². The largest absolute Gasteiger partial charge is 0.506 e. The molecule has 0 spiro atoms. The number of aliphatic hydroxyl groups excluding tert-OH is 1. The van der Waals surface area contributed by atoms with E-state index in [1.54, 1.807) is 6.92 Å². The van der Waals surface area contributed by atoms with Crippen molar-refractivity contribution in [2.24, 2.45) is 5.73 Å². The summed E-state index contributed by atoms with van der Waals surface area (Å²) in [6.45, 7) is 5.02. The Morgan fingerprint density at radius 1 is 1.71 bits per heavy atom. The molecule has 0 saturated carbocycles. The Bertz CT molecular complexity index is 350. The summed E-state index contributed by atoms with van der Waals surface area (Å²) < 4.78 is 0. The molecule has 14 heavy (non-hydrogen) atoms. The maximum absolute atomic E-state index is 9.71. The molecule has 0 saturated heterocycles. The quantitative estimate of drug-likeness (QED) is 0.621. The molecule has 0 amide bonds. The van der Waals surface area contributed by atoms with Crippen LogP contribution in [0.25, 0.3) is 0 Å². The van der Waals surface area contributed by atoms with Gasteiger partial charge in [-0.2, -0.15) is 0 Å². The van der Waals surface area contributed by atoms with Gasteiger partial charge in [-0.15, -0.1) is 6.58 Å². The molecule has 0 aromatic carbocycles. The molecule has 1 heterocycles. The Balaban J connectivity index is 3.34. The molecule has 1 rings (SSSR count). The fourth-order valence-corrected chi connectivity index (χ4v) is 1.27. The van der Waals surface area contributed by atoms with Crippen molar-refractivity contribution in [3.8, 4) is 5.75 Å². The first-order chi connectivity index (χ1) is 6.61. The van der Waals surface area contributed by atoms with E-state index >= 15 is 0 Å². The predicted octanol–water partition coefficient (Wildman–Crippen LogP) is 0.774. The van der Waals surface area contributed by atoms with Gasteiger partial charge in [0.25, 0.3) is 0 Å². The number of aromatic nitrogens is 1. The Morgan fingerprint density at radius 3 is 2.86 bits per heavy atom. The van der Waals surface area contributed by atoms with Gasteiger partial charge in [0.05, 0.1) is 18.3 Å². The summed E-state index contributed by atoms with van der Waals surface area (Å²) in [6, 6.07) is -0.487. The zero-order chi connectivity index (χ0) is 10.7. The Hall–Kier alpha value is -1.39. The fraction of sp³-hybridized carbons (Fsp3) is 0.300. The monoisotopic (exact) mass is 194 g/mol. The molecule has 4 heteroatoms. The molecular formula is C10H14N2O2. The first kappa shape index (κ1) is 10.7. The minimum Gasteiger partial charge on any atom is -0.506 e. The van der Waals surface area contributed by atoms with Crippen LogP contribution in [0.15, 0.2) is 18.9 Å². The summed E-state index contributed by atoms with van der Waals surface area (Å²) in [7, 11) is 0. The third-order valence-corrected chi connectivity index (χ3v) is 2.12. The highest BCUT2D eigenvalue weighted by Crippen LogP contribution is 2.28. The van der Waals surface area contributed by atoms with E-state index in [0.717, 1.165) is 0 Å². The molecule has 76 valence electrons. The van der Waals surface area contributed by atoms with Gasteiger partial charge < -0.3 is 15.9 Å². The first-order valence-electron chi connectivity index (χ1n) is 4.28. The second-order valence-electron chi connectivity index (χ2n) is 3.05. The number of pyridine rings is 1. The van der Waals surface area contributed by atoms with Crippen molar-refractivity contribution in [2.75, 3.05) is 0 Å². The highest BCUT2D eigenvalue weighted by molar-refractivity contribution is 5.44. The van der Waals surface area contributed by atoms with Gasteiger partial charge in [0.2, 0.25) is 0 Å². The number of aromatic hydroxyl groups is 1. The molecule has 0 aliphatic heterocycles. The Kier molecular flexibility index (Phi) is 3.22. The molecule has 0 fully saturated rings. The van der Waals surface area contributed by atoms with Crippen molar-refractivity contribution < 1.29 is 10.2 Å². The third kappa shape index (κ3) is 1.76. The number of rotatable bonds is 3. The summed E-state index contributed by atoms with van der Waals surface area (Å²) in [4.78, 5) is 3.93. The van der Waals surface area contributed by atoms with E-state index in [4.69, 9.17) is 10.8 Å². The topological polar surface area (TPSA) is 79.4 Å². The summed E-state index contributed by atoms with van der Waals surface area (Å²) in [5.74, 6) is 0.0314. The molecule has 1 aromatic rings. The number of aryl methyl sites for hydroxylation is 1. The summed E-state index contributed by atoms with van der Waals surface area (Å²) in [6.07, 6.45) is 3.02. The van der Waals surface area contributed by atoms with Crippen LogP contribution in [0, 0.1) is 6.92 Å². The average Bonchev–Trinajstić information content (AvgIpc) is 2.20. The van der Waals surface area contributed by atoms with Gasteiger partial charge in [0, 0.05) is 17.3 Å². The molecule has 4 nitrogen and oxygen atoms in total. The van der Waals surface area contributed by atoms with Crippen LogP contribution in [0.4, 0.5) is 0 Å². The molecule has 0 aliphatic rings. The van der Waals surface area contributed by atoms with Crippen molar-refractivity contribution in [2.45, 2.75) is 19.6 Å². The van der Waals surface area contributed by atoms with Gasteiger partial charge in [-0.05, 0) is 6.92 Å².